The van der Waals surface area contributed by atoms with Gasteiger partial charge in [0.15, 0.2) is 0 Å². The second-order valence-corrected chi connectivity index (χ2v) is 5.56. The summed E-state index contributed by atoms with van der Waals surface area (Å²) in [6.45, 7) is 9.13. The van der Waals surface area contributed by atoms with Gasteiger partial charge in [0, 0.05) is 38.1 Å². The fraction of sp³-hybridized carbons (Fsp3) is 1.00. The molecule has 94 valence electrons. The lowest BCUT2D eigenvalue weighted by molar-refractivity contribution is 0.0312. The van der Waals surface area contributed by atoms with Gasteiger partial charge in [-0.05, 0) is 25.3 Å². The van der Waals surface area contributed by atoms with E-state index in [1.807, 2.05) is 0 Å². The lowest BCUT2D eigenvalue weighted by atomic mass is 10.0. The third-order valence-electron chi connectivity index (χ3n) is 3.66. The summed E-state index contributed by atoms with van der Waals surface area (Å²) in [5.41, 5.74) is 0. The molecule has 2 saturated heterocycles. The summed E-state index contributed by atoms with van der Waals surface area (Å²) in [6.07, 6.45) is 2.78. The van der Waals surface area contributed by atoms with E-state index in [2.05, 4.69) is 25.7 Å². The highest BCUT2D eigenvalue weighted by Gasteiger charge is 2.19. The highest BCUT2D eigenvalue weighted by molar-refractivity contribution is 9.09. The van der Waals surface area contributed by atoms with Crippen molar-refractivity contribution >= 4 is 15.9 Å². The van der Waals surface area contributed by atoms with Crippen LogP contribution in [-0.2, 0) is 4.74 Å². The number of rotatable bonds is 4. The van der Waals surface area contributed by atoms with Crippen molar-refractivity contribution < 1.29 is 4.74 Å². The molecule has 0 bridgehead atoms. The molecule has 4 heteroatoms. The lowest BCUT2D eigenvalue weighted by Crippen LogP contribution is -2.44. The molecule has 0 aromatic carbocycles. The van der Waals surface area contributed by atoms with E-state index in [1.54, 1.807) is 0 Å². The van der Waals surface area contributed by atoms with Crippen LogP contribution >= 0.6 is 15.9 Å². The van der Waals surface area contributed by atoms with Gasteiger partial charge in [-0.2, -0.15) is 0 Å². The van der Waals surface area contributed by atoms with Gasteiger partial charge in [0.2, 0.25) is 0 Å². The third kappa shape index (κ3) is 3.99. The van der Waals surface area contributed by atoms with Crippen LogP contribution < -0.4 is 0 Å². The summed E-state index contributed by atoms with van der Waals surface area (Å²) in [5, 5.41) is 1.17. The van der Waals surface area contributed by atoms with E-state index in [1.165, 1.54) is 44.4 Å². The van der Waals surface area contributed by atoms with E-state index in [0.717, 1.165) is 32.2 Å². The third-order valence-corrected chi connectivity index (χ3v) is 4.57. The second kappa shape index (κ2) is 6.94. The Morgan fingerprint density at radius 3 is 2.56 bits per heavy atom. The molecule has 16 heavy (non-hydrogen) atoms. The summed E-state index contributed by atoms with van der Waals surface area (Å²) >= 11 is 3.61. The van der Waals surface area contributed by atoms with Crippen LogP contribution in [0, 0.1) is 5.92 Å². The first-order chi connectivity index (χ1) is 7.88. The number of halogens is 1. The summed E-state index contributed by atoms with van der Waals surface area (Å²) in [6, 6.07) is 0. The summed E-state index contributed by atoms with van der Waals surface area (Å²) in [4.78, 5) is 5.16. The van der Waals surface area contributed by atoms with Crippen LogP contribution in [0.2, 0.25) is 0 Å². The molecular weight excluding hydrogens is 268 g/mol. The maximum absolute atomic E-state index is 5.36. The molecule has 0 amide bonds. The summed E-state index contributed by atoms with van der Waals surface area (Å²) in [7, 11) is 0. The molecule has 0 saturated carbocycles. The zero-order valence-electron chi connectivity index (χ0n) is 10.0. The minimum absolute atomic E-state index is 0.874. The van der Waals surface area contributed by atoms with E-state index in [4.69, 9.17) is 4.74 Å². The van der Waals surface area contributed by atoms with E-state index in [9.17, 15) is 0 Å². The number of piperidine rings is 1. The standard InChI is InChI=1S/C12H23BrN2O/c13-10-12-2-1-3-15(11-12)5-4-14-6-8-16-9-7-14/h12H,1-11H2. The molecule has 0 aromatic heterocycles. The van der Waals surface area contributed by atoms with Gasteiger partial charge in [-0.3, -0.25) is 4.90 Å². The first-order valence-electron chi connectivity index (χ1n) is 6.47. The van der Waals surface area contributed by atoms with Crippen molar-refractivity contribution in [1.29, 1.82) is 0 Å². The Morgan fingerprint density at radius 2 is 1.81 bits per heavy atom. The highest BCUT2D eigenvalue weighted by Crippen LogP contribution is 2.17. The van der Waals surface area contributed by atoms with Crippen LogP contribution in [0.15, 0.2) is 0 Å². The number of ether oxygens (including phenoxy) is 1. The number of morpholine rings is 1. The monoisotopic (exact) mass is 290 g/mol. The summed E-state index contributed by atoms with van der Waals surface area (Å²) in [5.74, 6) is 0.874. The smallest absolute Gasteiger partial charge is 0.0594 e. The second-order valence-electron chi connectivity index (χ2n) is 4.92. The van der Waals surface area contributed by atoms with Gasteiger partial charge in [-0.1, -0.05) is 15.9 Å². The number of nitrogens with zero attached hydrogens (tertiary/aromatic N) is 2. The number of likely N-dealkylation sites (tertiary alicyclic amines) is 1. The van der Waals surface area contributed by atoms with E-state index in [0.29, 0.717) is 0 Å². The Balaban J connectivity index is 1.64. The predicted molar refractivity (Wildman–Crippen MR) is 70.2 cm³/mol. The maximum Gasteiger partial charge on any atom is 0.0594 e. The van der Waals surface area contributed by atoms with Gasteiger partial charge in [-0.25, -0.2) is 0 Å². The van der Waals surface area contributed by atoms with Gasteiger partial charge in [0.05, 0.1) is 13.2 Å². The molecule has 0 N–H and O–H groups in total. The zero-order valence-corrected chi connectivity index (χ0v) is 11.6. The number of hydrogen-bond donors (Lipinski definition) is 0. The Hall–Kier alpha value is 0.360. The minimum atomic E-state index is 0.874. The van der Waals surface area contributed by atoms with Gasteiger partial charge >= 0.3 is 0 Å². The number of alkyl halides is 1. The normalized spacial score (nSPS) is 29.4. The van der Waals surface area contributed by atoms with Crippen LogP contribution in [0.25, 0.3) is 0 Å². The molecule has 2 fully saturated rings. The van der Waals surface area contributed by atoms with Gasteiger partial charge in [-0.15, -0.1) is 0 Å². The lowest BCUT2D eigenvalue weighted by Gasteiger charge is -2.34. The molecule has 2 heterocycles. The molecule has 2 aliphatic heterocycles. The van der Waals surface area contributed by atoms with E-state index in [-0.39, 0.29) is 0 Å². The largest absolute Gasteiger partial charge is 0.379 e. The predicted octanol–water partition coefficient (Wildman–Crippen LogP) is 1.43. The fourth-order valence-corrected chi connectivity index (χ4v) is 3.12. The molecule has 1 atom stereocenters. The van der Waals surface area contributed by atoms with Crippen molar-refractivity contribution in [2.45, 2.75) is 12.8 Å². The molecule has 2 rings (SSSR count). The molecule has 0 aromatic rings. The van der Waals surface area contributed by atoms with E-state index >= 15 is 0 Å². The van der Waals surface area contributed by atoms with Crippen LogP contribution in [-0.4, -0.2) is 67.6 Å². The quantitative estimate of drug-likeness (QED) is 0.729. The minimum Gasteiger partial charge on any atom is -0.379 e. The van der Waals surface area contributed by atoms with Crippen molar-refractivity contribution in [3.05, 3.63) is 0 Å². The van der Waals surface area contributed by atoms with E-state index < -0.39 is 0 Å². The topological polar surface area (TPSA) is 15.7 Å². The van der Waals surface area contributed by atoms with Gasteiger partial charge in [0.1, 0.15) is 0 Å². The highest BCUT2D eigenvalue weighted by atomic mass is 79.9. The SMILES string of the molecule is BrCC1CCCN(CCN2CCOCC2)C1. The first-order valence-corrected chi connectivity index (χ1v) is 7.59. The molecule has 1 unspecified atom stereocenters. The fourth-order valence-electron chi connectivity index (χ4n) is 2.59. The van der Waals surface area contributed by atoms with Crippen molar-refractivity contribution in [3.63, 3.8) is 0 Å². The Bertz CT molecular complexity index is 197. The van der Waals surface area contributed by atoms with Crippen LogP contribution in [0.5, 0.6) is 0 Å². The van der Waals surface area contributed by atoms with Crippen molar-refractivity contribution in [3.8, 4) is 0 Å². The van der Waals surface area contributed by atoms with Gasteiger partial charge < -0.3 is 9.64 Å². The molecule has 0 radical (unpaired) electrons. The van der Waals surface area contributed by atoms with Crippen LogP contribution in [0.3, 0.4) is 0 Å². The Labute approximate surface area is 107 Å². The Kier molecular flexibility index (Phi) is 5.56. The average Bonchev–Trinajstić information content (AvgIpc) is 2.38. The maximum atomic E-state index is 5.36. The van der Waals surface area contributed by atoms with Crippen LogP contribution in [0.1, 0.15) is 12.8 Å². The van der Waals surface area contributed by atoms with Crippen molar-refractivity contribution in [2.24, 2.45) is 5.92 Å². The molecule has 0 aliphatic carbocycles. The molecule has 3 nitrogen and oxygen atoms in total. The first kappa shape index (κ1) is 12.8. The molecular formula is C12H23BrN2O. The molecule has 0 spiro atoms. The van der Waals surface area contributed by atoms with Crippen molar-refractivity contribution in [2.75, 3.05) is 57.8 Å². The average molecular weight is 291 g/mol. The zero-order chi connectivity index (χ0) is 11.2. The number of hydrogen-bond acceptors (Lipinski definition) is 3. The van der Waals surface area contributed by atoms with Gasteiger partial charge in [0.25, 0.3) is 0 Å². The van der Waals surface area contributed by atoms with Crippen molar-refractivity contribution in [1.82, 2.24) is 9.80 Å². The van der Waals surface area contributed by atoms with Crippen LogP contribution in [0.4, 0.5) is 0 Å². The molecule has 2 aliphatic rings. The Morgan fingerprint density at radius 1 is 1.06 bits per heavy atom. The summed E-state index contributed by atoms with van der Waals surface area (Å²) < 4.78 is 5.36.